The second-order valence-electron chi connectivity index (χ2n) is 5.94. The summed E-state index contributed by atoms with van der Waals surface area (Å²) in [4.78, 5) is 2.35. The van der Waals surface area contributed by atoms with E-state index >= 15 is 0 Å². The summed E-state index contributed by atoms with van der Waals surface area (Å²) < 4.78 is 7.37. The smallest absolute Gasteiger partial charge is 0.216 e. The van der Waals surface area contributed by atoms with Gasteiger partial charge in [-0.15, -0.1) is 0 Å². The van der Waals surface area contributed by atoms with Crippen molar-refractivity contribution in [2.24, 2.45) is 7.05 Å². The van der Waals surface area contributed by atoms with E-state index in [1.165, 1.54) is 27.9 Å². The quantitative estimate of drug-likeness (QED) is 0.846. The third kappa shape index (κ3) is 2.19. The predicted molar refractivity (Wildman–Crippen MR) is 85.7 cm³/mol. The summed E-state index contributed by atoms with van der Waals surface area (Å²) in [6.07, 6.45) is 2.16. The van der Waals surface area contributed by atoms with Gasteiger partial charge in [0, 0.05) is 19.3 Å². The lowest BCUT2D eigenvalue weighted by molar-refractivity contribution is 0.369. The first-order valence-electron chi connectivity index (χ1n) is 7.48. The zero-order valence-corrected chi connectivity index (χ0v) is 13.5. The Kier molecular flexibility index (Phi) is 3.40. The van der Waals surface area contributed by atoms with Gasteiger partial charge in [0.1, 0.15) is 0 Å². The molecule has 0 spiro atoms. The summed E-state index contributed by atoms with van der Waals surface area (Å²) in [5.74, 6) is 1.94. The number of methoxy groups -OCH3 is 1. The van der Waals surface area contributed by atoms with E-state index in [1.54, 1.807) is 7.11 Å². The fourth-order valence-corrected chi connectivity index (χ4v) is 3.57. The number of aromatic nitrogens is 2. The van der Waals surface area contributed by atoms with Crippen molar-refractivity contribution >= 4 is 11.5 Å². The molecule has 1 aliphatic heterocycles. The van der Waals surface area contributed by atoms with E-state index in [-0.39, 0.29) is 0 Å². The van der Waals surface area contributed by atoms with Gasteiger partial charge in [-0.1, -0.05) is 17.7 Å². The number of rotatable bonds is 2. The van der Waals surface area contributed by atoms with Crippen LogP contribution in [-0.2, 0) is 13.5 Å². The molecule has 0 radical (unpaired) electrons. The minimum atomic E-state index is 0.886. The highest BCUT2D eigenvalue weighted by Crippen LogP contribution is 2.40. The lowest BCUT2D eigenvalue weighted by Crippen LogP contribution is -2.26. The molecule has 3 rings (SSSR count). The van der Waals surface area contributed by atoms with Crippen LogP contribution < -0.4 is 9.64 Å². The van der Waals surface area contributed by atoms with Crippen molar-refractivity contribution in [1.29, 1.82) is 0 Å². The van der Waals surface area contributed by atoms with Gasteiger partial charge in [-0.05, 0) is 44.7 Å². The number of aryl methyl sites for hydroxylation is 4. The lowest BCUT2D eigenvalue weighted by Gasteiger charge is -2.30. The third-order valence-corrected chi connectivity index (χ3v) is 4.23. The van der Waals surface area contributed by atoms with Gasteiger partial charge < -0.3 is 9.64 Å². The van der Waals surface area contributed by atoms with Crippen molar-refractivity contribution in [3.05, 3.63) is 34.4 Å². The molecule has 0 bridgehead atoms. The third-order valence-electron chi connectivity index (χ3n) is 4.23. The van der Waals surface area contributed by atoms with E-state index in [0.717, 1.165) is 31.1 Å². The maximum atomic E-state index is 5.52. The monoisotopic (exact) mass is 285 g/mol. The van der Waals surface area contributed by atoms with Crippen LogP contribution in [0, 0.1) is 20.8 Å². The topological polar surface area (TPSA) is 30.3 Å². The number of benzene rings is 1. The molecule has 112 valence electrons. The average molecular weight is 285 g/mol. The Morgan fingerprint density at radius 1 is 1.14 bits per heavy atom. The summed E-state index contributed by atoms with van der Waals surface area (Å²) >= 11 is 0. The summed E-state index contributed by atoms with van der Waals surface area (Å²) in [6.45, 7) is 7.53. The molecule has 0 fully saturated rings. The lowest BCUT2D eigenvalue weighted by atomic mass is 10.0. The molecule has 4 heteroatoms. The number of anilines is 2. The van der Waals surface area contributed by atoms with Crippen molar-refractivity contribution < 1.29 is 4.74 Å². The van der Waals surface area contributed by atoms with Crippen LogP contribution in [0.25, 0.3) is 0 Å². The second-order valence-corrected chi connectivity index (χ2v) is 5.94. The van der Waals surface area contributed by atoms with E-state index < -0.39 is 0 Å². The Balaban J connectivity index is 2.15. The van der Waals surface area contributed by atoms with E-state index in [1.807, 2.05) is 11.7 Å². The molecule has 0 amide bonds. The fourth-order valence-electron chi connectivity index (χ4n) is 3.57. The first-order chi connectivity index (χ1) is 10.0. The largest absolute Gasteiger partial charge is 0.481 e. The predicted octanol–water partition coefficient (Wildman–Crippen LogP) is 3.44. The van der Waals surface area contributed by atoms with Gasteiger partial charge in [0.25, 0.3) is 0 Å². The summed E-state index contributed by atoms with van der Waals surface area (Å²) in [5.41, 5.74) is 6.45. The molecule has 0 unspecified atom stereocenters. The minimum absolute atomic E-state index is 0.886. The highest BCUT2D eigenvalue weighted by molar-refractivity contribution is 5.72. The normalized spacial score (nSPS) is 14.2. The van der Waals surface area contributed by atoms with Crippen LogP contribution in [0.2, 0.25) is 0 Å². The molecule has 2 aromatic rings. The van der Waals surface area contributed by atoms with Crippen LogP contribution in [0.3, 0.4) is 0 Å². The molecule has 0 saturated carbocycles. The van der Waals surface area contributed by atoms with Gasteiger partial charge in [0.05, 0.1) is 12.7 Å². The highest BCUT2D eigenvalue weighted by atomic mass is 16.5. The first kappa shape index (κ1) is 14.0. The van der Waals surface area contributed by atoms with E-state index in [2.05, 4.69) is 37.8 Å². The molecular weight excluding hydrogens is 262 g/mol. The van der Waals surface area contributed by atoms with Crippen LogP contribution in [-0.4, -0.2) is 23.4 Å². The van der Waals surface area contributed by atoms with Gasteiger partial charge in [0.15, 0.2) is 5.82 Å². The van der Waals surface area contributed by atoms with E-state index in [0.29, 0.717) is 0 Å². The van der Waals surface area contributed by atoms with Crippen molar-refractivity contribution in [3.63, 3.8) is 0 Å². The van der Waals surface area contributed by atoms with Crippen LogP contribution in [0.5, 0.6) is 5.88 Å². The average Bonchev–Trinajstić information content (AvgIpc) is 2.73. The SMILES string of the molecule is COc1c2c(nn1C)N(c1c(C)cc(C)cc1C)CCC2. The van der Waals surface area contributed by atoms with Gasteiger partial charge >= 0.3 is 0 Å². The molecule has 0 atom stereocenters. The standard InChI is InChI=1S/C17H23N3O/c1-11-9-12(2)15(13(3)10-11)20-8-6-7-14-16(20)18-19(4)17(14)21-5/h9-10H,6-8H2,1-5H3. The molecule has 1 aliphatic rings. The fraction of sp³-hybridized carbons (Fsp3) is 0.471. The zero-order chi connectivity index (χ0) is 15.1. The Hall–Kier alpha value is -1.97. The Labute approximate surface area is 126 Å². The van der Waals surface area contributed by atoms with E-state index in [9.17, 15) is 0 Å². The highest BCUT2D eigenvalue weighted by Gasteiger charge is 2.28. The zero-order valence-electron chi connectivity index (χ0n) is 13.5. The molecule has 0 saturated heterocycles. The van der Waals surface area contributed by atoms with Crippen LogP contribution in [0.1, 0.15) is 28.7 Å². The Morgan fingerprint density at radius 3 is 2.43 bits per heavy atom. The molecule has 1 aromatic heterocycles. The second kappa shape index (κ2) is 5.10. The summed E-state index contributed by atoms with van der Waals surface area (Å²) in [5, 5.41) is 4.70. The number of fused-ring (bicyclic) bond motifs is 1. The van der Waals surface area contributed by atoms with Gasteiger partial charge in [-0.3, -0.25) is 0 Å². The molecule has 21 heavy (non-hydrogen) atoms. The van der Waals surface area contributed by atoms with Gasteiger partial charge in [-0.2, -0.15) is 5.10 Å². The van der Waals surface area contributed by atoms with Crippen molar-refractivity contribution in [2.75, 3.05) is 18.6 Å². The molecule has 0 aliphatic carbocycles. The van der Waals surface area contributed by atoms with E-state index in [4.69, 9.17) is 9.84 Å². The summed E-state index contributed by atoms with van der Waals surface area (Å²) in [6, 6.07) is 4.49. The number of nitrogens with zero attached hydrogens (tertiary/aromatic N) is 3. The van der Waals surface area contributed by atoms with Gasteiger partial charge in [0.2, 0.25) is 5.88 Å². The maximum Gasteiger partial charge on any atom is 0.216 e. The Bertz CT molecular complexity index is 665. The molecule has 0 N–H and O–H groups in total. The number of hydrogen-bond donors (Lipinski definition) is 0. The minimum Gasteiger partial charge on any atom is -0.481 e. The molecule has 2 heterocycles. The number of hydrogen-bond acceptors (Lipinski definition) is 3. The number of ether oxygens (including phenoxy) is 1. The molecule has 1 aromatic carbocycles. The van der Waals surface area contributed by atoms with Crippen molar-refractivity contribution in [3.8, 4) is 5.88 Å². The Morgan fingerprint density at radius 2 is 1.81 bits per heavy atom. The maximum absolute atomic E-state index is 5.52. The van der Waals surface area contributed by atoms with Crippen molar-refractivity contribution in [1.82, 2.24) is 9.78 Å². The van der Waals surface area contributed by atoms with Crippen LogP contribution >= 0.6 is 0 Å². The van der Waals surface area contributed by atoms with Crippen molar-refractivity contribution in [2.45, 2.75) is 33.6 Å². The first-order valence-corrected chi connectivity index (χ1v) is 7.48. The molecular formula is C17H23N3O. The van der Waals surface area contributed by atoms with Gasteiger partial charge in [-0.25, -0.2) is 4.68 Å². The van der Waals surface area contributed by atoms with Crippen LogP contribution in [0.4, 0.5) is 11.5 Å². The molecule has 4 nitrogen and oxygen atoms in total. The van der Waals surface area contributed by atoms with Crippen LogP contribution in [0.15, 0.2) is 12.1 Å². The summed E-state index contributed by atoms with van der Waals surface area (Å²) in [7, 11) is 3.67.